The molecule has 0 aliphatic carbocycles. The van der Waals surface area contributed by atoms with Gasteiger partial charge in [-0.2, -0.15) is 0 Å². The molecule has 1 heterocycles. The van der Waals surface area contributed by atoms with E-state index in [1.807, 2.05) is 11.8 Å². The van der Waals surface area contributed by atoms with Crippen molar-refractivity contribution < 1.29 is 14.3 Å². The lowest BCUT2D eigenvalue weighted by molar-refractivity contribution is -0.130. The van der Waals surface area contributed by atoms with E-state index < -0.39 is 0 Å². The third-order valence-electron chi connectivity index (χ3n) is 2.58. The zero-order valence-corrected chi connectivity index (χ0v) is 9.36. The van der Waals surface area contributed by atoms with Gasteiger partial charge in [-0.3, -0.25) is 4.79 Å². The molecule has 1 aliphatic rings. The van der Waals surface area contributed by atoms with Gasteiger partial charge in [-0.25, -0.2) is 4.79 Å². The van der Waals surface area contributed by atoms with Crippen molar-refractivity contribution in [3.05, 3.63) is 0 Å². The summed E-state index contributed by atoms with van der Waals surface area (Å²) in [5, 5.41) is 0. The van der Waals surface area contributed by atoms with E-state index in [-0.39, 0.29) is 12.0 Å². The SMILES string of the molecule is CCC(=O)N1CCCN(C(=O)OC)CC1. The Morgan fingerprint density at radius 1 is 1.13 bits per heavy atom. The summed E-state index contributed by atoms with van der Waals surface area (Å²) in [5.74, 6) is 0.154. The third kappa shape index (κ3) is 3.11. The number of hydrogen-bond donors (Lipinski definition) is 0. The van der Waals surface area contributed by atoms with Gasteiger partial charge in [0.25, 0.3) is 0 Å². The van der Waals surface area contributed by atoms with E-state index in [4.69, 9.17) is 0 Å². The number of methoxy groups -OCH3 is 1. The quantitative estimate of drug-likeness (QED) is 0.645. The van der Waals surface area contributed by atoms with Crippen molar-refractivity contribution in [1.29, 1.82) is 0 Å². The Hall–Kier alpha value is -1.26. The highest BCUT2D eigenvalue weighted by Crippen LogP contribution is 2.05. The Morgan fingerprint density at radius 3 is 2.33 bits per heavy atom. The van der Waals surface area contributed by atoms with Crippen LogP contribution in [-0.4, -0.2) is 55.1 Å². The molecule has 0 N–H and O–H groups in total. The first kappa shape index (κ1) is 11.8. The smallest absolute Gasteiger partial charge is 0.409 e. The molecule has 1 rings (SSSR count). The maximum atomic E-state index is 11.5. The predicted molar refractivity (Wildman–Crippen MR) is 55.5 cm³/mol. The minimum absolute atomic E-state index is 0.154. The summed E-state index contributed by atoms with van der Waals surface area (Å²) >= 11 is 0. The number of amides is 2. The summed E-state index contributed by atoms with van der Waals surface area (Å²) in [6.07, 6.45) is 1.04. The molecule has 15 heavy (non-hydrogen) atoms. The van der Waals surface area contributed by atoms with Gasteiger partial charge in [-0.1, -0.05) is 6.92 Å². The normalized spacial score (nSPS) is 17.2. The zero-order valence-electron chi connectivity index (χ0n) is 9.36. The van der Waals surface area contributed by atoms with Crippen LogP contribution in [-0.2, 0) is 9.53 Å². The highest BCUT2D eigenvalue weighted by Gasteiger charge is 2.21. The first-order valence-corrected chi connectivity index (χ1v) is 5.29. The molecule has 1 fully saturated rings. The minimum Gasteiger partial charge on any atom is -0.453 e. The molecule has 0 aromatic heterocycles. The van der Waals surface area contributed by atoms with Crippen LogP contribution in [0.4, 0.5) is 4.79 Å². The average Bonchev–Trinajstić information content (AvgIpc) is 2.52. The van der Waals surface area contributed by atoms with E-state index in [9.17, 15) is 9.59 Å². The van der Waals surface area contributed by atoms with E-state index in [2.05, 4.69) is 4.74 Å². The fraction of sp³-hybridized carbons (Fsp3) is 0.800. The van der Waals surface area contributed by atoms with Crippen LogP contribution >= 0.6 is 0 Å². The average molecular weight is 214 g/mol. The van der Waals surface area contributed by atoms with E-state index in [1.165, 1.54) is 7.11 Å². The van der Waals surface area contributed by atoms with Crippen LogP contribution < -0.4 is 0 Å². The third-order valence-corrected chi connectivity index (χ3v) is 2.58. The van der Waals surface area contributed by atoms with E-state index in [1.54, 1.807) is 4.90 Å². The number of ether oxygens (including phenoxy) is 1. The molecule has 86 valence electrons. The Bertz CT molecular complexity index is 219. The van der Waals surface area contributed by atoms with Crippen molar-refractivity contribution in [2.45, 2.75) is 19.8 Å². The molecular formula is C10H18N2O3. The van der Waals surface area contributed by atoms with E-state index in [0.29, 0.717) is 26.1 Å². The van der Waals surface area contributed by atoms with Crippen molar-refractivity contribution in [2.24, 2.45) is 0 Å². The molecular weight excluding hydrogens is 196 g/mol. The van der Waals surface area contributed by atoms with Crippen LogP contribution in [0, 0.1) is 0 Å². The second-order valence-electron chi connectivity index (χ2n) is 3.54. The Morgan fingerprint density at radius 2 is 1.73 bits per heavy atom. The Kier molecular flexibility index (Phi) is 4.39. The van der Waals surface area contributed by atoms with Gasteiger partial charge in [0, 0.05) is 32.6 Å². The fourth-order valence-corrected chi connectivity index (χ4v) is 1.70. The molecule has 5 heteroatoms. The van der Waals surface area contributed by atoms with Gasteiger partial charge < -0.3 is 14.5 Å². The van der Waals surface area contributed by atoms with Gasteiger partial charge in [0.15, 0.2) is 0 Å². The topological polar surface area (TPSA) is 49.9 Å². The molecule has 0 atom stereocenters. The lowest BCUT2D eigenvalue weighted by atomic mass is 10.3. The highest BCUT2D eigenvalue weighted by molar-refractivity contribution is 5.76. The summed E-state index contributed by atoms with van der Waals surface area (Å²) < 4.78 is 4.65. The first-order valence-electron chi connectivity index (χ1n) is 5.29. The van der Waals surface area contributed by atoms with Crippen LogP contribution in [0.25, 0.3) is 0 Å². The predicted octanol–water partition coefficient (Wildman–Crippen LogP) is 0.697. The number of carbonyl (C=O) groups excluding carboxylic acids is 2. The van der Waals surface area contributed by atoms with Crippen molar-refractivity contribution in [3.63, 3.8) is 0 Å². The second kappa shape index (κ2) is 5.58. The molecule has 0 saturated carbocycles. The molecule has 0 aromatic carbocycles. The van der Waals surface area contributed by atoms with Gasteiger partial charge in [-0.15, -0.1) is 0 Å². The summed E-state index contributed by atoms with van der Waals surface area (Å²) in [4.78, 5) is 26.2. The number of rotatable bonds is 1. The summed E-state index contributed by atoms with van der Waals surface area (Å²) in [7, 11) is 1.38. The lowest BCUT2D eigenvalue weighted by Gasteiger charge is -2.20. The number of hydrogen-bond acceptors (Lipinski definition) is 3. The number of nitrogens with zero attached hydrogens (tertiary/aromatic N) is 2. The Balaban J connectivity index is 2.48. The maximum Gasteiger partial charge on any atom is 0.409 e. The van der Waals surface area contributed by atoms with Crippen LogP contribution in [0.3, 0.4) is 0 Å². The molecule has 0 bridgehead atoms. The van der Waals surface area contributed by atoms with Crippen LogP contribution in [0.1, 0.15) is 19.8 Å². The van der Waals surface area contributed by atoms with Gasteiger partial charge in [0.1, 0.15) is 0 Å². The van der Waals surface area contributed by atoms with E-state index in [0.717, 1.165) is 13.0 Å². The first-order chi connectivity index (χ1) is 7.19. The van der Waals surface area contributed by atoms with Crippen LogP contribution in [0.2, 0.25) is 0 Å². The second-order valence-corrected chi connectivity index (χ2v) is 3.54. The van der Waals surface area contributed by atoms with Crippen molar-refractivity contribution in [2.75, 3.05) is 33.3 Å². The summed E-state index contributed by atoms with van der Waals surface area (Å²) in [6, 6.07) is 0. The molecule has 5 nitrogen and oxygen atoms in total. The molecule has 1 aliphatic heterocycles. The summed E-state index contributed by atoms with van der Waals surface area (Å²) in [5.41, 5.74) is 0. The van der Waals surface area contributed by atoms with Crippen molar-refractivity contribution >= 4 is 12.0 Å². The number of carbonyl (C=O) groups is 2. The molecule has 0 unspecified atom stereocenters. The van der Waals surface area contributed by atoms with Gasteiger partial charge >= 0.3 is 6.09 Å². The Labute approximate surface area is 90.0 Å². The van der Waals surface area contributed by atoms with Gasteiger partial charge in [0.2, 0.25) is 5.91 Å². The van der Waals surface area contributed by atoms with Gasteiger partial charge in [-0.05, 0) is 6.42 Å². The minimum atomic E-state index is -0.305. The van der Waals surface area contributed by atoms with Crippen molar-refractivity contribution in [1.82, 2.24) is 9.80 Å². The van der Waals surface area contributed by atoms with Crippen molar-refractivity contribution in [3.8, 4) is 0 Å². The van der Waals surface area contributed by atoms with Crippen LogP contribution in [0.15, 0.2) is 0 Å². The van der Waals surface area contributed by atoms with Crippen LogP contribution in [0.5, 0.6) is 0 Å². The molecule has 2 amide bonds. The fourth-order valence-electron chi connectivity index (χ4n) is 1.70. The largest absolute Gasteiger partial charge is 0.453 e. The highest BCUT2D eigenvalue weighted by atomic mass is 16.5. The maximum absolute atomic E-state index is 11.5. The molecule has 0 radical (unpaired) electrons. The van der Waals surface area contributed by atoms with Gasteiger partial charge in [0.05, 0.1) is 7.11 Å². The summed E-state index contributed by atoms with van der Waals surface area (Å²) in [6.45, 7) is 4.44. The standard InChI is InChI=1S/C10H18N2O3/c1-3-9(13)11-5-4-6-12(8-7-11)10(14)15-2/h3-8H2,1-2H3. The molecule has 0 aromatic rings. The molecule has 0 spiro atoms. The zero-order chi connectivity index (χ0) is 11.3. The lowest BCUT2D eigenvalue weighted by Crippen LogP contribution is -2.37. The monoisotopic (exact) mass is 214 g/mol. The molecule has 1 saturated heterocycles. The van der Waals surface area contributed by atoms with E-state index >= 15 is 0 Å².